The zero-order valence-electron chi connectivity index (χ0n) is 21.0. The number of aromatic amines is 1. The fourth-order valence-electron chi connectivity index (χ4n) is 5.06. The highest BCUT2D eigenvalue weighted by molar-refractivity contribution is 5.78. The molecule has 1 aromatic carbocycles. The van der Waals surface area contributed by atoms with E-state index >= 15 is 0 Å². The number of amides is 1. The van der Waals surface area contributed by atoms with E-state index < -0.39 is 29.0 Å². The number of aromatic nitrogens is 6. The number of hydrogen-bond acceptors (Lipinski definition) is 6. The second-order valence-electron chi connectivity index (χ2n) is 9.51. The van der Waals surface area contributed by atoms with Crippen molar-refractivity contribution >= 4 is 17.1 Å². The summed E-state index contributed by atoms with van der Waals surface area (Å²) in [5.74, 6) is -0.278. The van der Waals surface area contributed by atoms with Crippen LogP contribution in [-0.2, 0) is 24.1 Å². The Morgan fingerprint density at radius 3 is 2.64 bits per heavy atom. The third kappa shape index (κ3) is 4.87. The van der Waals surface area contributed by atoms with E-state index in [0.29, 0.717) is 17.5 Å². The molecule has 0 spiro atoms. The molecule has 1 saturated heterocycles. The predicted octanol–water partition coefficient (Wildman–Crippen LogP) is 1.86. The Balaban J connectivity index is 1.60. The number of nitrogens with one attached hydrogen (secondary N) is 2. The molecular weight excluding hydrogens is 517 g/mol. The maximum Gasteiger partial charge on any atom is 0.416 e. The predicted molar refractivity (Wildman–Crippen MR) is 136 cm³/mol. The van der Waals surface area contributed by atoms with Crippen LogP contribution >= 0.6 is 0 Å². The minimum absolute atomic E-state index is 0.128. The molecule has 0 saturated carbocycles. The molecule has 4 heterocycles. The van der Waals surface area contributed by atoms with Gasteiger partial charge in [0.05, 0.1) is 23.4 Å². The molecule has 11 nitrogen and oxygen atoms in total. The van der Waals surface area contributed by atoms with Crippen molar-refractivity contribution in [3.63, 3.8) is 0 Å². The van der Waals surface area contributed by atoms with Crippen molar-refractivity contribution in [2.24, 2.45) is 11.7 Å². The molecular formula is C25H27F3N8O3. The van der Waals surface area contributed by atoms with Gasteiger partial charge in [0.25, 0.3) is 5.56 Å². The van der Waals surface area contributed by atoms with Crippen LogP contribution in [0, 0.1) is 5.92 Å². The van der Waals surface area contributed by atoms with E-state index in [9.17, 15) is 27.6 Å². The highest BCUT2D eigenvalue weighted by Gasteiger charge is 2.35. The molecule has 0 radical (unpaired) electrons. The van der Waals surface area contributed by atoms with Gasteiger partial charge in [-0.1, -0.05) is 19.1 Å². The van der Waals surface area contributed by atoms with E-state index in [2.05, 4.69) is 20.4 Å². The van der Waals surface area contributed by atoms with Gasteiger partial charge in [-0.15, -0.1) is 0 Å². The number of carbonyl (C=O) groups excluding carboxylic acids is 1. The van der Waals surface area contributed by atoms with Crippen molar-refractivity contribution in [2.45, 2.75) is 45.1 Å². The molecule has 2 unspecified atom stereocenters. The molecule has 0 aliphatic carbocycles. The van der Waals surface area contributed by atoms with Crippen LogP contribution in [0.4, 0.5) is 13.2 Å². The first-order chi connectivity index (χ1) is 18.6. The Hall–Kier alpha value is -4.20. The lowest BCUT2D eigenvalue weighted by atomic mass is 9.91. The van der Waals surface area contributed by atoms with Crippen LogP contribution in [0.25, 0.3) is 22.6 Å². The SMILES string of the molecule is CCCn1c(=O)c2[nH]c(-c3cnn(C(c4cccc(C(F)(F)F)c4)C4CNC(=O)C4)c3)nc2n(CCN)c1=O. The molecule has 1 fully saturated rings. The van der Waals surface area contributed by atoms with Crippen molar-refractivity contribution in [1.82, 2.24) is 34.2 Å². The normalized spacial score (nSPS) is 16.6. The molecule has 4 N–H and O–H groups in total. The highest BCUT2D eigenvalue weighted by Crippen LogP contribution is 2.36. The summed E-state index contributed by atoms with van der Waals surface area (Å²) < 4.78 is 44.4. The van der Waals surface area contributed by atoms with Crippen LogP contribution in [-0.4, -0.2) is 47.9 Å². The number of carbonyl (C=O) groups is 1. The van der Waals surface area contributed by atoms with E-state index in [-0.39, 0.29) is 61.4 Å². The average Bonchev–Trinajstić information content (AvgIpc) is 3.65. The van der Waals surface area contributed by atoms with E-state index in [1.54, 1.807) is 12.3 Å². The van der Waals surface area contributed by atoms with Gasteiger partial charge in [0.15, 0.2) is 5.65 Å². The van der Waals surface area contributed by atoms with E-state index in [0.717, 1.165) is 16.7 Å². The maximum absolute atomic E-state index is 13.5. The minimum Gasteiger partial charge on any atom is -0.356 e. The van der Waals surface area contributed by atoms with Crippen LogP contribution in [0.15, 0.2) is 46.2 Å². The minimum atomic E-state index is -4.53. The van der Waals surface area contributed by atoms with Gasteiger partial charge in [0.1, 0.15) is 11.3 Å². The first kappa shape index (κ1) is 26.4. The first-order valence-corrected chi connectivity index (χ1v) is 12.5. The van der Waals surface area contributed by atoms with Crippen LogP contribution in [0.1, 0.15) is 36.9 Å². The number of alkyl halides is 3. The number of hydrogen-bond donors (Lipinski definition) is 3. The molecule has 1 aliphatic rings. The topological polar surface area (TPSA) is 146 Å². The number of benzene rings is 1. The third-order valence-corrected chi connectivity index (χ3v) is 6.83. The van der Waals surface area contributed by atoms with Crippen LogP contribution in [0.5, 0.6) is 0 Å². The lowest BCUT2D eigenvalue weighted by Gasteiger charge is -2.24. The molecule has 1 aliphatic heterocycles. The van der Waals surface area contributed by atoms with E-state index in [1.807, 2.05) is 6.92 Å². The smallest absolute Gasteiger partial charge is 0.356 e. The van der Waals surface area contributed by atoms with Crippen LogP contribution in [0.2, 0.25) is 0 Å². The summed E-state index contributed by atoms with van der Waals surface area (Å²) in [6.07, 6.45) is -0.757. The van der Waals surface area contributed by atoms with Crippen molar-refractivity contribution in [2.75, 3.05) is 13.1 Å². The maximum atomic E-state index is 13.5. The molecule has 3 aromatic heterocycles. The number of nitrogens with two attached hydrogens (primary N) is 1. The molecule has 39 heavy (non-hydrogen) atoms. The Kier molecular flexibility index (Phi) is 6.89. The van der Waals surface area contributed by atoms with E-state index in [4.69, 9.17) is 5.73 Å². The fourth-order valence-corrected chi connectivity index (χ4v) is 5.06. The quantitative estimate of drug-likeness (QED) is 0.309. The van der Waals surface area contributed by atoms with Crippen molar-refractivity contribution < 1.29 is 18.0 Å². The van der Waals surface area contributed by atoms with E-state index in [1.165, 1.54) is 21.5 Å². The Morgan fingerprint density at radius 1 is 1.18 bits per heavy atom. The highest BCUT2D eigenvalue weighted by atomic mass is 19.4. The van der Waals surface area contributed by atoms with Gasteiger partial charge in [-0.3, -0.25) is 23.4 Å². The molecule has 4 aromatic rings. The average molecular weight is 545 g/mol. The molecule has 2 atom stereocenters. The summed E-state index contributed by atoms with van der Waals surface area (Å²) in [5.41, 5.74) is 4.99. The molecule has 14 heteroatoms. The monoisotopic (exact) mass is 544 g/mol. The summed E-state index contributed by atoms with van der Waals surface area (Å²) in [5, 5.41) is 7.15. The molecule has 0 bridgehead atoms. The molecule has 5 rings (SSSR count). The van der Waals surface area contributed by atoms with Gasteiger partial charge in [-0.25, -0.2) is 9.78 Å². The zero-order valence-corrected chi connectivity index (χ0v) is 21.0. The largest absolute Gasteiger partial charge is 0.416 e. The Bertz CT molecular complexity index is 1650. The zero-order chi connectivity index (χ0) is 27.9. The third-order valence-electron chi connectivity index (χ3n) is 6.83. The number of rotatable bonds is 8. The number of halogens is 3. The summed E-state index contributed by atoms with van der Waals surface area (Å²) in [4.78, 5) is 45.5. The Labute approximate surface area is 219 Å². The first-order valence-electron chi connectivity index (χ1n) is 12.5. The van der Waals surface area contributed by atoms with Crippen LogP contribution in [0.3, 0.4) is 0 Å². The number of nitrogens with zero attached hydrogens (tertiary/aromatic N) is 5. The standard InChI is InChI=1S/C25H27F3N8O3/c1-2-7-35-23(38)19-22(34(8-6-29)24(35)39)33-21(32-19)16-12-31-36(13-16)20(15-10-18(37)30-11-15)14-4-3-5-17(9-14)25(26,27)28/h3-5,9,12-13,15,20H,2,6-8,10-11,29H2,1H3,(H,30,37)(H,32,33). The lowest BCUT2D eigenvalue weighted by molar-refractivity contribution is -0.137. The van der Waals surface area contributed by atoms with Gasteiger partial charge in [0, 0.05) is 44.7 Å². The number of H-pyrrole nitrogens is 1. The molecule has 206 valence electrons. The van der Waals surface area contributed by atoms with Crippen molar-refractivity contribution in [3.8, 4) is 11.4 Å². The van der Waals surface area contributed by atoms with Gasteiger partial charge in [-0.2, -0.15) is 18.3 Å². The summed E-state index contributed by atoms with van der Waals surface area (Å²) in [7, 11) is 0. The second-order valence-corrected chi connectivity index (χ2v) is 9.51. The van der Waals surface area contributed by atoms with Gasteiger partial charge < -0.3 is 16.0 Å². The summed E-state index contributed by atoms with van der Waals surface area (Å²) in [6, 6.07) is 4.29. The lowest BCUT2D eigenvalue weighted by Crippen LogP contribution is -2.41. The van der Waals surface area contributed by atoms with Crippen molar-refractivity contribution in [1.29, 1.82) is 0 Å². The van der Waals surface area contributed by atoms with Gasteiger partial charge in [-0.05, 0) is 24.1 Å². The number of fused-ring (bicyclic) bond motifs is 1. The van der Waals surface area contributed by atoms with Crippen LogP contribution < -0.4 is 22.3 Å². The Morgan fingerprint density at radius 2 is 1.97 bits per heavy atom. The fraction of sp³-hybridized carbons (Fsp3) is 0.400. The van der Waals surface area contributed by atoms with Gasteiger partial charge in [0.2, 0.25) is 5.91 Å². The molecule has 1 amide bonds. The van der Waals surface area contributed by atoms with Gasteiger partial charge >= 0.3 is 11.9 Å². The second kappa shape index (κ2) is 10.2. The van der Waals surface area contributed by atoms with Crippen molar-refractivity contribution in [3.05, 3.63) is 68.6 Å². The summed E-state index contributed by atoms with van der Waals surface area (Å²) in [6.45, 7) is 2.68. The number of imidazole rings is 1. The summed E-state index contributed by atoms with van der Waals surface area (Å²) >= 11 is 0.